The molecule has 0 atom stereocenters. The van der Waals surface area contributed by atoms with Crippen LogP contribution >= 0.6 is 0 Å². The van der Waals surface area contributed by atoms with Gasteiger partial charge in [-0.3, -0.25) is 9.59 Å². The van der Waals surface area contributed by atoms with Crippen molar-refractivity contribution < 1.29 is 19.1 Å². The van der Waals surface area contributed by atoms with Gasteiger partial charge < -0.3 is 14.8 Å². The van der Waals surface area contributed by atoms with Crippen LogP contribution in [0.25, 0.3) is 0 Å². The third kappa shape index (κ3) is 5.62. The number of Topliss-reactive ketones (excluding diaryl/α,β-unsaturated/α-hetero) is 1. The van der Waals surface area contributed by atoms with Crippen molar-refractivity contribution in [3.63, 3.8) is 0 Å². The summed E-state index contributed by atoms with van der Waals surface area (Å²) >= 11 is 0. The maximum atomic E-state index is 13.1. The SMILES string of the molecule is CCC(=O)NCCc1cc(OC)c(OC)cc1C(=O)CCc1ccc(C)c(C)c1C. The fourth-order valence-corrected chi connectivity index (χ4v) is 3.51. The third-order valence-electron chi connectivity index (χ3n) is 5.74. The number of carbonyl (C=O) groups excluding carboxylic acids is 2. The number of hydrogen-bond donors (Lipinski definition) is 1. The van der Waals surface area contributed by atoms with E-state index in [1.165, 1.54) is 22.3 Å². The van der Waals surface area contributed by atoms with Crippen LogP contribution in [0, 0.1) is 20.8 Å². The molecular formula is C25H33NO4. The Hall–Kier alpha value is -2.82. The smallest absolute Gasteiger partial charge is 0.219 e. The van der Waals surface area contributed by atoms with Crippen molar-refractivity contribution >= 4 is 11.7 Å². The zero-order valence-corrected chi connectivity index (χ0v) is 19.0. The average molecular weight is 412 g/mol. The van der Waals surface area contributed by atoms with E-state index in [1.54, 1.807) is 20.3 Å². The van der Waals surface area contributed by atoms with Crippen LogP contribution in [-0.2, 0) is 17.6 Å². The number of carbonyl (C=O) groups is 2. The molecule has 0 aliphatic heterocycles. The second-order valence-corrected chi connectivity index (χ2v) is 7.53. The Kier molecular flexibility index (Phi) is 8.46. The first kappa shape index (κ1) is 23.5. The number of hydrogen-bond acceptors (Lipinski definition) is 4. The lowest BCUT2D eigenvalue weighted by atomic mass is 9.92. The van der Waals surface area contributed by atoms with E-state index in [2.05, 4.69) is 38.2 Å². The van der Waals surface area contributed by atoms with Crippen LogP contribution in [-0.4, -0.2) is 32.5 Å². The van der Waals surface area contributed by atoms with Crippen molar-refractivity contribution in [3.05, 3.63) is 57.6 Å². The molecule has 1 N–H and O–H groups in total. The Morgan fingerprint density at radius 2 is 1.57 bits per heavy atom. The summed E-state index contributed by atoms with van der Waals surface area (Å²) in [6.07, 6.45) is 2.09. The molecule has 2 aromatic carbocycles. The normalized spacial score (nSPS) is 10.6. The zero-order valence-electron chi connectivity index (χ0n) is 19.0. The fraction of sp³-hybridized carbons (Fsp3) is 0.440. The highest BCUT2D eigenvalue weighted by molar-refractivity contribution is 5.98. The predicted octanol–water partition coefficient (Wildman–Crippen LogP) is 4.51. The monoisotopic (exact) mass is 411 g/mol. The van der Waals surface area contributed by atoms with Crippen LogP contribution in [0.15, 0.2) is 24.3 Å². The summed E-state index contributed by atoms with van der Waals surface area (Å²) < 4.78 is 10.8. The lowest BCUT2D eigenvalue weighted by Crippen LogP contribution is -2.25. The van der Waals surface area contributed by atoms with E-state index in [1.807, 2.05) is 13.0 Å². The van der Waals surface area contributed by atoms with E-state index in [-0.39, 0.29) is 11.7 Å². The molecule has 0 aromatic heterocycles. The molecule has 0 aliphatic carbocycles. The van der Waals surface area contributed by atoms with Crippen LogP contribution in [0.1, 0.15) is 57.9 Å². The number of ether oxygens (including phenoxy) is 2. The van der Waals surface area contributed by atoms with Crippen molar-refractivity contribution in [3.8, 4) is 11.5 Å². The van der Waals surface area contributed by atoms with Gasteiger partial charge >= 0.3 is 0 Å². The van der Waals surface area contributed by atoms with Crippen molar-refractivity contribution in [2.75, 3.05) is 20.8 Å². The van der Waals surface area contributed by atoms with Gasteiger partial charge in [-0.1, -0.05) is 19.1 Å². The van der Waals surface area contributed by atoms with Crippen molar-refractivity contribution in [1.82, 2.24) is 5.32 Å². The summed E-state index contributed by atoms with van der Waals surface area (Å²) in [6, 6.07) is 7.82. The second-order valence-electron chi connectivity index (χ2n) is 7.53. The van der Waals surface area contributed by atoms with Crippen molar-refractivity contribution in [2.45, 2.75) is 53.4 Å². The third-order valence-corrected chi connectivity index (χ3v) is 5.74. The maximum absolute atomic E-state index is 13.1. The molecule has 0 spiro atoms. The van der Waals surface area contributed by atoms with Gasteiger partial charge in [0, 0.05) is 24.9 Å². The number of rotatable bonds is 10. The summed E-state index contributed by atoms with van der Waals surface area (Å²) in [5.74, 6) is 1.17. The van der Waals surface area contributed by atoms with E-state index in [0.717, 1.165) is 5.56 Å². The standard InChI is InChI=1S/C25H33NO4/c1-7-25(28)26-13-12-20-14-23(29-5)24(30-6)15-21(20)22(27)11-10-19-9-8-16(2)17(3)18(19)4/h8-9,14-15H,7,10-13H2,1-6H3,(H,26,28). The highest BCUT2D eigenvalue weighted by Crippen LogP contribution is 2.32. The first-order valence-corrected chi connectivity index (χ1v) is 10.4. The Labute approximate surface area is 179 Å². The van der Waals surface area contributed by atoms with Gasteiger partial charge in [0.25, 0.3) is 0 Å². The number of nitrogens with one attached hydrogen (secondary N) is 1. The summed E-state index contributed by atoms with van der Waals surface area (Å²) in [6.45, 7) is 8.62. The molecule has 5 heteroatoms. The molecule has 30 heavy (non-hydrogen) atoms. The quantitative estimate of drug-likeness (QED) is 0.584. The van der Waals surface area contributed by atoms with Crippen LogP contribution < -0.4 is 14.8 Å². The Balaban J connectivity index is 2.25. The van der Waals surface area contributed by atoms with E-state index in [9.17, 15) is 9.59 Å². The van der Waals surface area contributed by atoms with Gasteiger partial charge in [0.05, 0.1) is 14.2 Å². The molecule has 1 amide bonds. The van der Waals surface area contributed by atoms with E-state index < -0.39 is 0 Å². The van der Waals surface area contributed by atoms with Crippen LogP contribution in [0.2, 0.25) is 0 Å². The number of benzene rings is 2. The van der Waals surface area contributed by atoms with E-state index in [4.69, 9.17) is 9.47 Å². The van der Waals surface area contributed by atoms with Gasteiger partial charge in [0.1, 0.15) is 0 Å². The topological polar surface area (TPSA) is 64.6 Å². The van der Waals surface area contributed by atoms with Crippen molar-refractivity contribution in [1.29, 1.82) is 0 Å². The van der Waals surface area contributed by atoms with Gasteiger partial charge in [-0.15, -0.1) is 0 Å². The van der Waals surface area contributed by atoms with Crippen LogP contribution in [0.4, 0.5) is 0 Å². The minimum absolute atomic E-state index is 0.00595. The molecule has 0 unspecified atom stereocenters. The number of aryl methyl sites for hydroxylation is 2. The fourth-order valence-electron chi connectivity index (χ4n) is 3.51. The predicted molar refractivity (Wildman–Crippen MR) is 120 cm³/mol. The summed E-state index contributed by atoms with van der Waals surface area (Å²) in [4.78, 5) is 24.7. The largest absolute Gasteiger partial charge is 0.493 e. The Bertz CT molecular complexity index is 918. The van der Waals surface area contributed by atoms with E-state index >= 15 is 0 Å². The molecule has 162 valence electrons. The van der Waals surface area contributed by atoms with Gasteiger partial charge in [0.2, 0.25) is 5.91 Å². The molecule has 0 heterocycles. The highest BCUT2D eigenvalue weighted by Gasteiger charge is 2.17. The Morgan fingerprint density at radius 3 is 2.20 bits per heavy atom. The average Bonchev–Trinajstić information content (AvgIpc) is 2.76. The summed E-state index contributed by atoms with van der Waals surface area (Å²) in [5, 5.41) is 2.87. The highest BCUT2D eigenvalue weighted by atomic mass is 16.5. The molecule has 2 aromatic rings. The number of ketones is 1. The number of methoxy groups -OCH3 is 2. The van der Waals surface area contributed by atoms with Gasteiger partial charge in [-0.2, -0.15) is 0 Å². The Morgan fingerprint density at radius 1 is 0.900 bits per heavy atom. The van der Waals surface area contributed by atoms with Crippen LogP contribution in [0.5, 0.6) is 11.5 Å². The second kappa shape index (κ2) is 10.8. The molecule has 0 bridgehead atoms. The van der Waals surface area contributed by atoms with Crippen molar-refractivity contribution in [2.24, 2.45) is 0 Å². The lowest BCUT2D eigenvalue weighted by Gasteiger charge is -2.15. The molecule has 0 radical (unpaired) electrons. The number of amides is 1. The van der Waals surface area contributed by atoms with Gasteiger partial charge in [-0.25, -0.2) is 0 Å². The molecule has 0 saturated heterocycles. The van der Waals surface area contributed by atoms with Gasteiger partial charge in [-0.05, 0) is 73.6 Å². The van der Waals surface area contributed by atoms with Crippen LogP contribution in [0.3, 0.4) is 0 Å². The molecule has 5 nitrogen and oxygen atoms in total. The minimum Gasteiger partial charge on any atom is -0.493 e. The maximum Gasteiger partial charge on any atom is 0.219 e. The lowest BCUT2D eigenvalue weighted by molar-refractivity contribution is -0.120. The summed E-state index contributed by atoms with van der Waals surface area (Å²) in [5.41, 5.74) is 6.46. The van der Waals surface area contributed by atoms with Gasteiger partial charge in [0.15, 0.2) is 17.3 Å². The minimum atomic E-state index is -0.00595. The molecule has 0 aliphatic rings. The zero-order chi connectivity index (χ0) is 22.3. The van der Waals surface area contributed by atoms with E-state index in [0.29, 0.717) is 49.3 Å². The molecule has 0 saturated carbocycles. The molecule has 0 fully saturated rings. The molecular weight excluding hydrogens is 378 g/mol. The first-order valence-electron chi connectivity index (χ1n) is 10.4. The first-order chi connectivity index (χ1) is 14.3. The molecule has 2 rings (SSSR count). The summed E-state index contributed by atoms with van der Waals surface area (Å²) in [7, 11) is 3.14.